The lowest BCUT2D eigenvalue weighted by molar-refractivity contribution is -0.120. The fraction of sp³-hybridized carbons (Fsp3) is 0.875. The molecule has 0 aromatic rings. The van der Waals surface area contributed by atoms with E-state index >= 15 is 0 Å². The SMILES string of the molecule is NCCNC(=O)C1CCCCS1. The summed E-state index contributed by atoms with van der Waals surface area (Å²) in [6, 6.07) is 0. The zero-order chi connectivity index (χ0) is 8.81. The van der Waals surface area contributed by atoms with Crippen LogP contribution in [0, 0.1) is 0 Å². The second-order valence-electron chi connectivity index (χ2n) is 2.93. The number of nitrogens with one attached hydrogen (secondary N) is 1. The minimum Gasteiger partial charge on any atom is -0.354 e. The zero-order valence-electron chi connectivity index (χ0n) is 7.21. The Kier molecular flexibility index (Phi) is 4.46. The van der Waals surface area contributed by atoms with Crippen LogP contribution in [0.2, 0.25) is 0 Å². The van der Waals surface area contributed by atoms with Crippen molar-refractivity contribution in [1.82, 2.24) is 5.32 Å². The van der Waals surface area contributed by atoms with Crippen molar-refractivity contribution in [2.45, 2.75) is 24.5 Å². The van der Waals surface area contributed by atoms with E-state index in [9.17, 15) is 4.79 Å². The summed E-state index contributed by atoms with van der Waals surface area (Å²) in [5, 5.41) is 3.00. The van der Waals surface area contributed by atoms with Crippen molar-refractivity contribution in [3.8, 4) is 0 Å². The molecule has 0 radical (unpaired) electrons. The highest BCUT2D eigenvalue weighted by Crippen LogP contribution is 2.24. The Morgan fingerprint density at radius 2 is 2.42 bits per heavy atom. The van der Waals surface area contributed by atoms with Crippen LogP contribution < -0.4 is 11.1 Å². The van der Waals surface area contributed by atoms with Gasteiger partial charge >= 0.3 is 0 Å². The van der Waals surface area contributed by atoms with Crippen LogP contribution in [0.15, 0.2) is 0 Å². The molecule has 1 unspecified atom stereocenters. The minimum absolute atomic E-state index is 0.171. The molecule has 3 N–H and O–H groups in total. The van der Waals surface area contributed by atoms with E-state index in [-0.39, 0.29) is 11.2 Å². The van der Waals surface area contributed by atoms with Gasteiger partial charge in [0.15, 0.2) is 0 Å². The quantitative estimate of drug-likeness (QED) is 0.672. The second-order valence-corrected chi connectivity index (χ2v) is 4.25. The van der Waals surface area contributed by atoms with Crippen LogP contribution in [0.4, 0.5) is 0 Å². The minimum atomic E-state index is 0.171. The molecule has 1 saturated heterocycles. The highest BCUT2D eigenvalue weighted by Gasteiger charge is 2.20. The number of carbonyl (C=O) groups excluding carboxylic acids is 1. The van der Waals surface area contributed by atoms with Crippen LogP contribution in [0.1, 0.15) is 19.3 Å². The van der Waals surface area contributed by atoms with Crippen molar-refractivity contribution in [3.63, 3.8) is 0 Å². The van der Waals surface area contributed by atoms with Gasteiger partial charge in [-0.2, -0.15) is 0 Å². The summed E-state index contributed by atoms with van der Waals surface area (Å²) in [6.07, 6.45) is 3.47. The number of carbonyl (C=O) groups is 1. The smallest absolute Gasteiger partial charge is 0.233 e. The fourth-order valence-electron chi connectivity index (χ4n) is 1.26. The molecule has 1 aliphatic heterocycles. The molecule has 4 heteroatoms. The van der Waals surface area contributed by atoms with E-state index < -0.39 is 0 Å². The molecule has 0 aliphatic carbocycles. The Morgan fingerprint density at radius 3 is 3.00 bits per heavy atom. The number of hydrogen-bond donors (Lipinski definition) is 2. The Bertz CT molecular complexity index is 146. The van der Waals surface area contributed by atoms with Crippen molar-refractivity contribution in [2.24, 2.45) is 5.73 Å². The molecule has 1 atom stereocenters. The van der Waals surface area contributed by atoms with Gasteiger partial charge in [0.05, 0.1) is 5.25 Å². The molecular formula is C8H16N2OS. The average Bonchev–Trinajstić information content (AvgIpc) is 2.15. The van der Waals surface area contributed by atoms with Crippen LogP contribution in [0.5, 0.6) is 0 Å². The third-order valence-corrected chi connectivity index (χ3v) is 3.29. The van der Waals surface area contributed by atoms with Gasteiger partial charge in [-0.1, -0.05) is 6.42 Å². The highest BCUT2D eigenvalue weighted by atomic mass is 32.2. The van der Waals surface area contributed by atoms with E-state index in [0.717, 1.165) is 12.2 Å². The van der Waals surface area contributed by atoms with Crippen LogP contribution in [-0.4, -0.2) is 30.0 Å². The van der Waals surface area contributed by atoms with Crippen LogP contribution >= 0.6 is 11.8 Å². The number of hydrogen-bond acceptors (Lipinski definition) is 3. The molecule has 12 heavy (non-hydrogen) atoms. The monoisotopic (exact) mass is 188 g/mol. The predicted octanol–water partition coefficient (Wildman–Crippen LogP) is 0.347. The maximum atomic E-state index is 11.4. The molecule has 1 amide bonds. The first-order chi connectivity index (χ1) is 5.84. The maximum Gasteiger partial charge on any atom is 0.233 e. The fourth-order valence-corrected chi connectivity index (χ4v) is 2.48. The molecular weight excluding hydrogens is 172 g/mol. The van der Waals surface area contributed by atoms with Crippen LogP contribution in [0.25, 0.3) is 0 Å². The van der Waals surface area contributed by atoms with Gasteiger partial charge in [0, 0.05) is 13.1 Å². The first-order valence-electron chi connectivity index (χ1n) is 4.44. The third kappa shape index (κ3) is 3.03. The molecule has 3 nitrogen and oxygen atoms in total. The largest absolute Gasteiger partial charge is 0.354 e. The van der Waals surface area contributed by atoms with Crippen molar-refractivity contribution in [1.29, 1.82) is 0 Å². The molecule has 1 aliphatic rings. The zero-order valence-corrected chi connectivity index (χ0v) is 8.03. The lowest BCUT2D eigenvalue weighted by Crippen LogP contribution is -2.36. The molecule has 0 saturated carbocycles. The van der Waals surface area contributed by atoms with Gasteiger partial charge in [-0.05, 0) is 18.6 Å². The van der Waals surface area contributed by atoms with Crippen LogP contribution in [-0.2, 0) is 4.79 Å². The third-order valence-electron chi connectivity index (χ3n) is 1.92. The van der Waals surface area contributed by atoms with Gasteiger partial charge < -0.3 is 11.1 Å². The standard InChI is InChI=1S/C8H16N2OS/c9-4-5-10-8(11)7-3-1-2-6-12-7/h7H,1-6,9H2,(H,10,11). The predicted molar refractivity (Wildman–Crippen MR) is 52.2 cm³/mol. The summed E-state index contributed by atoms with van der Waals surface area (Å²) in [4.78, 5) is 11.4. The van der Waals surface area contributed by atoms with Gasteiger partial charge in [0.1, 0.15) is 0 Å². The number of amides is 1. The summed E-state index contributed by atoms with van der Waals surface area (Å²) in [5.74, 6) is 1.30. The van der Waals surface area contributed by atoms with Crippen LogP contribution in [0.3, 0.4) is 0 Å². The molecule has 0 spiro atoms. The van der Waals surface area contributed by atoms with Crippen molar-refractivity contribution in [3.05, 3.63) is 0 Å². The summed E-state index contributed by atoms with van der Waals surface area (Å²) < 4.78 is 0. The molecule has 1 fully saturated rings. The van der Waals surface area contributed by atoms with Gasteiger partial charge in [0.2, 0.25) is 5.91 Å². The van der Waals surface area contributed by atoms with E-state index in [2.05, 4.69) is 5.32 Å². The average molecular weight is 188 g/mol. The Morgan fingerprint density at radius 1 is 1.58 bits per heavy atom. The van der Waals surface area contributed by atoms with Crippen molar-refractivity contribution >= 4 is 17.7 Å². The van der Waals surface area contributed by atoms with E-state index in [1.807, 2.05) is 0 Å². The molecule has 0 aromatic heterocycles. The summed E-state index contributed by atoms with van der Waals surface area (Å²) in [7, 11) is 0. The Labute approximate surface area is 77.5 Å². The van der Waals surface area contributed by atoms with Gasteiger partial charge in [-0.25, -0.2) is 0 Å². The van der Waals surface area contributed by atoms with Gasteiger partial charge in [-0.15, -0.1) is 11.8 Å². The topological polar surface area (TPSA) is 55.1 Å². The normalized spacial score (nSPS) is 23.6. The maximum absolute atomic E-state index is 11.4. The van der Waals surface area contributed by atoms with Gasteiger partial charge in [0.25, 0.3) is 0 Å². The molecule has 1 heterocycles. The molecule has 1 rings (SSSR count). The highest BCUT2D eigenvalue weighted by molar-refractivity contribution is 8.00. The van der Waals surface area contributed by atoms with Gasteiger partial charge in [-0.3, -0.25) is 4.79 Å². The molecule has 0 bridgehead atoms. The van der Waals surface area contributed by atoms with Crippen molar-refractivity contribution < 1.29 is 4.79 Å². The number of rotatable bonds is 3. The Balaban J connectivity index is 2.20. The summed E-state index contributed by atoms with van der Waals surface area (Å²) in [5.41, 5.74) is 5.28. The first kappa shape index (κ1) is 9.86. The number of nitrogens with two attached hydrogens (primary N) is 1. The first-order valence-corrected chi connectivity index (χ1v) is 5.49. The second kappa shape index (κ2) is 5.43. The Hall–Kier alpha value is -0.220. The lowest BCUT2D eigenvalue weighted by Gasteiger charge is -2.20. The summed E-state index contributed by atoms with van der Waals surface area (Å²) >= 11 is 1.77. The summed E-state index contributed by atoms with van der Waals surface area (Å²) in [6.45, 7) is 1.14. The van der Waals surface area contributed by atoms with E-state index in [4.69, 9.17) is 5.73 Å². The molecule has 70 valence electrons. The lowest BCUT2D eigenvalue weighted by atomic mass is 10.2. The van der Waals surface area contributed by atoms with E-state index in [1.165, 1.54) is 12.8 Å². The molecule has 0 aromatic carbocycles. The van der Waals surface area contributed by atoms with Crippen molar-refractivity contribution in [2.75, 3.05) is 18.8 Å². The van der Waals surface area contributed by atoms with E-state index in [1.54, 1.807) is 11.8 Å². The number of thioether (sulfide) groups is 1. The van der Waals surface area contributed by atoms with E-state index in [0.29, 0.717) is 13.1 Å².